The van der Waals surface area contributed by atoms with Crippen LogP contribution in [-0.4, -0.2) is 34.4 Å². The number of hydrogen-bond acceptors (Lipinski definition) is 4. The third-order valence-corrected chi connectivity index (χ3v) is 3.73. The molecular weight excluding hydrogens is 278 g/mol. The molecule has 0 saturated carbocycles. The van der Waals surface area contributed by atoms with Crippen LogP contribution in [-0.2, 0) is 16.6 Å². The van der Waals surface area contributed by atoms with Crippen molar-refractivity contribution in [1.29, 1.82) is 0 Å². The Bertz CT molecular complexity index is 494. The lowest BCUT2D eigenvalue weighted by molar-refractivity contribution is -0.0504. The van der Waals surface area contributed by atoms with Crippen molar-refractivity contribution >= 4 is 10.0 Å². The molecule has 0 aliphatic rings. The highest BCUT2D eigenvalue weighted by Gasteiger charge is 2.09. The van der Waals surface area contributed by atoms with Crippen molar-refractivity contribution in [2.75, 3.05) is 19.3 Å². The highest BCUT2D eigenvalue weighted by Crippen LogP contribution is 2.19. The molecule has 0 aliphatic heterocycles. The molecule has 2 N–H and O–H groups in total. The summed E-state index contributed by atoms with van der Waals surface area (Å²) in [6.07, 6.45) is 0. The summed E-state index contributed by atoms with van der Waals surface area (Å²) >= 11 is 0. The second-order valence-electron chi connectivity index (χ2n) is 3.69. The van der Waals surface area contributed by atoms with Gasteiger partial charge in [-0.05, 0) is 13.1 Å². The molecule has 0 radical (unpaired) electrons. The van der Waals surface area contributed by atoms with Crippen molar-refractivity contribution in [3.8, 4) is 5.75 Å². The normalized spacial score (nSPS) is 11.8. The standard InChI is InChI=1S/C11H16F2N2O3S/c1-14-19(16,17)7-6-15-8-9-4-2-3-5-10(9)18-11(12)13/h2-5,11,14-15H,6-8H2,1H3. The van der Waals surface area contributed by atoms with Crippen LogP contribution in [0.1, 0.15) is 5.56 Å². The van der Waals surface area contributed by atoms with Gasteiger partial charge in [0.15, 0.2) is 0 Å². The van der Waals surface area contributed by atoms with Crippen LogP contribution >= 0.6 is 0 Å². The number of para-hydroxylation sites is 1. The molecule has 0 bridgehead atoms. The first-order chi connectivity index (χ1) is 8.94. The van der Waals surface area contributed by atoms with Gasteiger partial charge in [-0.3, -0.25) is 0 Å². The van der Waals surface area contributed by atoms with Crippen molar-refractivity contribution in [2.24, 2.45) is 0 Å². The molecule has 5 nitrogen and oxygen atoms in total. The molecule has 1 aromatic carbocycles. The lowest BCUT2D eigenvalue weighted by Gasteiger charge is -2.11. The second kappa shape index (κ2) is 7.37. The van der Waals surface area contributed by atoms with Crippen LogP contribution in [0.3, 0.4) is 0 Å². The third-order valence-electron chi connectivity index (χ3n) is 2.36. The molecule has 0 heterocycles. The number of ether oxygens (including phenoxy) is 1. The van der Waals surface area contributed by atoms with E-state index in [1.807, 2.05) is 0 Å². The van der Waals surface area contributed by atoms with Gasteiger partial charge < -0.3 is 10.1 Å². The van der Waals surface area contributed by atoms with Gasteiger partial charge in [0, 0.05) is 18.7 Å². The van der Waals surface area contributed by atoms with E-state index in [1.54, 1.807) is 18.2 Å². The number of benzene rings is 1. The van der Waals surface area contributed by atoms with Gasteiger partial charge in [0.05, 0.1) is 5.75 Å². The van der Waals surface area contributed by atoms with E-state index in [4.69, 9.17) is 0 Å². The molecule has 0 amide bonds. The molecule has 1 rings (SSSR count). The number of halogens is 2. The summed E-state index contributed by atoms with van der Waals surface area (Å²) < 4.78 is 53.2. The van der Waals surface area contributed by atoms with Gasteiger partial charge in [0.2, 0.25) is 10.0 Å². The zero-order valence-electron chi connectivity index (χ0n) is 10.4. The fourth-order valence-corrected chi connectivity index (χ4v) is 2.01. The predicted octanol–water partition coefficient (Wildman–Crippen LogP) is 0.927. The average molecular weight is 294 g/mol. The molecule has 0 unspecified atom stereocenters. The quantitative estimate of drug-likeness (QED) is 0.700. The summed E-state index contributed by atoms with van der Waals surface area (Å²) in [6.45, 7) is -2.42. The molecule has 0 saturated heterocycles. The maximum Gasteiger partial charge on any atom is 0.387 e. The van der Waals surface area contributed by atoms with E-state index in [0.29, 0.717) is 5.56 Å². The number of hydrogen-bond donors (Lipinski definition) is 2. The fourth-order valence-electron chi connectivity index (χ4n) is 1.39. The van der Waals surface area contributed by atoms with Crippen LogP contribution in [0, 0.1) is 0 Å². The molecular formula is C11H16F2N2O3S. The minimum atomic E-state index is -3.27. The lowest BCUT2D eigenvalue weighted by atomic mass is 10.2. The monoisotopic (exact) mass is 294 g/mol. The first-order valence-electron chi connectivity index (χ1n) is 5.59. The first kappa shape index (κ1) is 15.8. The summed E-state index contributed by atoms with van der Waals surface area (Å²) in [5, 5.41) is 2.86. The van der Waals surface area contributed by atoms with Gasteiger partial charge >= 0.3 is 6.61 Å². The number of nitrogens with one attached hydrogen (secondary N) is 2. The Morgan fingerprint density at radius 1 is 1.32 bits per heavy atom. The number of sulfonamides is 1. The minimum absolute atomic E-state index is 0.0820. The molecule has 1 aromatic rings. The number of rotatable bonds is 8. The summed E-state index contributed by atoms with van der Waals surface area (Å²) in [5.41, 5.74) is 0.546. The lowest BCUT2D eigenvalue weighted by Crippen LogP contribution is -2.29. The van der Waals surface area contributed by atoms with Crippen molar-refractivity contribution in [3.63, 3.8) is 0 Å². The minimum Gasteiger partial charge on any atom is -0.434 e. The zero-order valence-corrected chi connectivity index (χ0v) is 11.2. The molecule has 19 heavy (non-hydrogen) atoms. The Hall–Kier alpha value is -1.25. The maximum atomic E-state index is 12.2. The average Bonchev–Trinajstić information content (AvgIpc) is 2.36. The Balaban J connectivity index is 2.49. The van der Waals surface area contributed by atoms with Crippen molar-refractivity contribution < 1.29 is 21.9 Å². The topological polar surface area (TPSA) is 67.4 Å². The van der Waals surface area contributed by atoms with Crippen LogP contribution in [0.5, 0.6) is 5.75 Å². The molecule has 8 heteroatoms. The third kappa shape index (κ3) is 5.95. The van der Waals surface area contributed by atoms with E-state index in [0.717, 1.165) is 0 Å². The van der Waals surface area contributed by atoms with Crippen LogP contribution in [0.2, 0.25) is 0 Å². The summed E-state index contributed by atoms with van der Waals surface area (Å²) in [6, 6.07) is 6.36. The van der Waals surface area contributed by atoms with Crippen LogP contribution in [0.25, 0.3) is 0 Å². The molecule has 0 fully saturated rings. The Morgan fingerprint density at radius 3 is 2.63 bits per heavy atom. The van der Waals surface area contributed by atoms with Gasteiger partial charge in [-0.2, -0.15) is 8.78 Å². The predicted molar refractivity (Wildman–Crippen MR) is 67.6 cm³/mol. The summed E-state index contributed by atoms with van der Waals surface area (Å²) in [4.78, 5) is 0. The Labute approximate surface area is 111 Å². The summed E-state index contributed by atoms with van der Waals surface area (Å²) in [7, 11) is -1.93. The van der Waals surface area contributed by atoms with E-state index < -0.39 is 16.6 Å². The van der Waals surface area contributed by atoms with Gasteiger partial charge in [-0.15, -0.1) is 0 Å². The Kier molecular flexibility index (Phi) is 6.13. The summed E-state index contributed by atoms with van der Waals surface area (Å²) in [5.74, 6) is 0.00272. The maximum absolute atomic E-state index is 12.2. The molecule has 0 aliphatic carbocycles. The van der Waals surface area contributed by atoms with E-state index in [2.05, 4.69) is 14.8 Å². The van der Waals surface area contributed by atoms with Crippen LogP contribution in [0.15, 0.2) is 24.3 Å². The smallest absolute Gasteiger partial charge is 0.387 e. The fraction of sp³-hybridized carbons (Fsp3) is 0.455. The second-order valence-corrected chi connectivity index (χ2v) is 5.73. The zero-order chi connectivity index (χ0) is 14.3. The SMILES string of the molecule is CNS(=O)(=O)CCNCc1ccccc1OC(F)F. The van der Waals surface area contributed by atoms with Gasteiger partial charge in [0.25, 0.3) is 0 Å². The molecule has 0 atom stereocenters. The van der Waals surface area contributed by atoms with E-state index >= 15 is 0 Å². The van der Waals surface area contributed by atoms with Gasteiger partial charge in [-0.25, -0.2) is 13.1 Å². The highest BCUT2D eigenvalue weighted by molar-refractivity contribution is 7.89. The molecule has 0 spiro atoms. The van der Waals surface area contributed by atoms with Crippen LogP contribution < -0.4 is 14.8 Å². The van der Waals surface area contributed by atoms with E-state index in [9.17, 15) is 17.2 Å². The van der Waals surface area contributed by atoms with Crippen molar-refractivity contribution in [3.05, 3.63) is 29.8 Å². The molecule has 0 aromatic heterocycles. The van der Waals surface area contributed by atoms with Crippen molar-refractivity contribution in [2.45, 2.75) is 13.2 Å². The number of alkyl halides is 2. The van der Waals surface area contributed by atoms with Gasteiger partial charge in [-0.1, -0.05) is 18.2 Å². The largest absolute Gasteiger partial charge is 0.434 e. The Morgan fingerprint density at radius 2 is 2.00 bits per heavy atom. The van der Waals surface area contributed by atoms with Crippen LogP contribution in [0.4, 0.5) is 8.78 Å². The van der Waals surface area contributed by atoms with E-state index in [-0.39, 0.29) is 24.6 Å². The first-order valence-corrected chi connectivity index (χ1v) is 7.24. The highest BCUT2D eigenvalue weighted by atomic mass is 32.2. The van der Waals surface area contributed by atoms with Gasteiger partial charge in [0.1, 0.15) is 5.75 Å². The molecule has 108 valence electrons. The van der Waals surface area contributed by atoms with E-state index in [1.165, 1.54) is 13.1 Å². The van der Waals surface area contributed by atoms with Crippen molar-refractivity contribution in [1.82, 2.24) is 10.0 Å².